The maximum absolute atomic E-state index is 5.76. The Morgan fingerprint density at radius 3 is 2.23 bits per heavy atom. The van der Waals surface area contributed by atoms with Crippen LogP contribution < -0.4 is 14.2 Å². The minimum absolute atomic E-state index is 0.453. The van der Waals surface area contributed by atoms with Gasteiger partial charge in [0, 0.05) is 18.7 Å². The van der Waals surface area contributed by atoms with Crippen molar-refractivity contribution in [2.45, 2.75) is 19.3 Å². The lowest BCUT2D eigenvalue weighted by molar-refractivity contribution is 0.211. The molecule has 0 aromatic heterocycles. The molecule has 0 saturated carbocycles. The minimum atomic E-state index is 0.453. The Morgan fingerprint density at radius 2 is 1.54 bits per heavy atom. The predicted octanol–water partition coefficient (Wildman–Crippen LogP) is 4.31. The molecule has 1 fully saturated rings. The van der Waals surface area contributed by atoms with Crippen LogP contribution in [0.1, 0.15) is 24.8 Å². The maximum atomic E-state index is 5.76. The molecule has 0 bridgehead atoms. The van der Waals surface area contributed by atoms with Gasteiger partial charge < -0.3 is 19.1 Å². The highest BCUT2D eigenvalue weighted by Gasteiger charge is 2.14. The van der Waals surface area contributed by atoms with Gasteiger partial charge in [-0.2, -0.15) is 0 Å². The van der Waals surface area contributed by atoms with Gasteiger partial charge in [0.15, 0.2) is 11.5 Å². The van der Waals surface area contributed by atoms with Crippen LogP contribution in [0.3, 0.4) is 0 Å². The summed E-state index contributed by atoms with van der Waals surface area (Å²) in [7, 11) is 1.63. The second-order valence-electron chi connectivity index (χ2n) is 6.23. The van der Waals surface area contributed by atoms with E-state index in [-0.39, 0.29) is 0 Å². The molecule has 2 aromatic rings. The number of para-hydroxylation sites is 2. The van der Waals surface area contributed by atoms with Crippen LogP contribution in [0.5, 0.6) is 17.2 Å². The van der Waals surface area contributed by atoms with E-state index >= 15 is 0 Å². The summed E-state index contributed by atoms with van der Waals surface area (Å²) < 4.78 is 16.7. The molecule has 1 aliphatic rings. The molecule has 1 saturated heterocycles. The first-order valence-corrected chi connectivity index (χ1v) is 9.47. The molecule has 5 heteroatoms. The zero-order valence-electron chi connectivity index (χ0n) is 15.1. The average Bonchev–Trinajstić information content (AvgIpc) is 2.72. The van der Waals surface area contributed by atoms with Gasteiger partial charge in [-0.05, 0) is 55.7 Å². The van der Waals surface area contributed by atoms with Gasteiger partial charge >= 0.3 is 0 Å². The smallest absolute Gasteiger partial charge is 0.161 e. The number of hydrogen-bond acceptors (Lipinski definition) is 4. The van der Waals surface area contributed by atoms with E-state index in [0.29, 0.717) is 13.2 Å². The SMILES string of the molecule is COc1ccccc1OCCOc1ccc(C(=S)N2CCCCC2)cc1. The summed E-state index contributed by atoms with van der Waals surface area (Å²) >= 11 is 5.62. The first kappa shape index (κ1) is 18.5. The highest BCUT2D eigenvalue weighted by Crippen LogP contribution is 2.25. The Bertz CT molecular complexity index is 711. The number of benzene rings is 2. The van der Waals surface area contributed by atoms with Crippen molar-refractivity contribution in [3.63, 3.8) is 0 Å². The van der Waals surface area contributed by atoms with Crippen LogP contribution in [-0.4, -0.2) is 43.3 Å². The molecule has 0 atom stereocenters. The topological polar surface area (TPSA) is 30.9 Å². The Morgan fingerprint density at radius 1 is 0.885 bits per heavy atom. The number of rotatable bonds is 7. The fraction of sp³-hybridized carbons (Fsp3) is 0.381. The quantitative estimate of drug-likeness (QED) is 0.535. The van der Waals surface area contributed by atoms with Crippen molar-refractivity contribution < 1.29 is 14.2 Å². The molecule has 1 aliphatic heterocycles. The van der Waals surface area contributed by atoms with E-state index in [1.807, 2.05) is 48.5 Å². The van der Waals surface area contributed by atoms with Gasteiger partial charge in [0.2, 0.25) is 0 Å². The highest BCUT2D eigenvalue weighted by atomic mass is 32.1. The van der Waals surface area contributed by atoms with E-state index in [1.165, 1.54) is 19.3 Å². The van der Waals surface area contributed by atoms with Gasteiger partial charge in [-0.1, -0.05) is 24.4 Å². The summed E-state index contributed by atoms with van der Waals surface area (Å²) in [5, 5.41) is 0. The lowest BCUT2D eigenvalue weighted by atomic mass is 10.1. The van der Waals surface area contributed by atoms with Crippen LogP contribution in [-0.2, 0) is 0 Å². The van der Waals surface area contributed by atoms with Gasteiger partial charge in [0.05, 0.1) is 7.11 Å². The molecular weight excluding hydrogens is 346 g/mol. The predicted molar refractivity (Wildman–Crippen MR) is 108 cm³/mol. The van der Waals surface area contributed by atoms with Gasteiger partial charge in [0.1, 0.15) is 24.0 Å². The fourth-order valence-electron chi connectivity index (χ4n) is 3.02. The molecule has 0 N–H and O–H groups in total. The van der Waals surface area contributed by atoms with E-state index in [4.69, 9.17) is 26.4 Å². The van der Waals surface area contributed by atoms with Gasteiger partial charge in [-0.3, -0.25) is 0 Å². The highest BCUT2D eigenvalue weighted by molar-refractivity contribution is 7.80. The second kappa shape index (κ2) is 9.43. The largest absolute Gasteiger partial charge is 0.493 e. The number of nitrogens with zero attached hydrogens (tertiary/aromatic N) is 1. The van der Waals surface area contributed by atoms with Crippen molar-refractivity contribution in [2.75, 3.05) is 33.4 Å². The van der Waals surface area contributed by atoms with Crippen molar-refractivity contribution in [2.24, 2.45) is 0 Å². The number of ether oxygens (including phenoxy) is 3. The Labute approximate surface area is 160 Å². The molecule has 1 heterocycles. The van der Waals surface area contributed by atoms with Crippen LogP contribution in [0.2, 0.25) is 0 Å². The first-order valence-electron chi connectivity index (χ1n) is 9.06. The van der Waals surface area contributed by atoms with Crippen molar-refractivity contribution in [3.05, 3.63) is 54.1 Å². The standard InChI is InChI=1S/C21H25NO3S/c1-23-19-7-3-4-8-20(19)25-16-15-24-18-11-9-17(10-12-18)21(26)22-13-5-2-6-14-22/h3-4,7-12H,2,5-6,13-16H2,1H3. The summed E-state index contributed by atoms with van der Waals surface area (Å²) in [6.45, 7) is 3.05. The molecule has 0 aliphatic carbocycles. The molecular formula is C21H25NO3S. The lowest BCUT2D eigenvalue weighted by Gasteiger charge is -2.29. The third-order valence-corrected chi connectivity index (χ3v) is 4.92. The molecule has 138 valence electrons. The van der Waals surface area contributed by atoms with Gasteiger partial charge in [-0.15, -0.1) is 0 Å². The van der Waals surface area contributed by atoms with E-state index in [1.54, 1.807) is 7.11 Å². The first-order chi connectivity index (χ1) is 12.8. The van der Waals surface area contributed by atoms with E-state index < -0.39 is 0 Å². The van der Waals surface area contributed by atoms with Crippen LogP contribution in [0, 0.1) is 0 Å². The molecule has 0 radical (unpaired) electrons. The molecule has 0 amide bonds. The monoisotopic (exact) mass is 371 g/mol. The van der Waals surface area contributed by atoms with E-state index in [2.05, 4.69) is 4.90 Å². The maximum Gasteiger partial charge on any atom is 0.161 e. The number of piperidine rings is 1. The normalized spacial score (nSPS) is 14.0. The van der Waals surface area contributed by atoms with E-state index in [9.17, 15) is 0 Å². The minimum Gasteiger partial charge on any atom is -0.493 e. The van der Waals surface area contributed by atoms with Crippen LogP contribution in [0.25, 0.3) is 0 Å². The summed E-state index contributed by atoms with van der Waals surface area (Å²) in [6.07, 6.45) is 3.77. The number of methoxy groups -OCH3 is 1. The van der Waals surface area contributed by atoms with Crippen molar-refractivity contribution in [3.8, 4) is 17.2 Å². The molecule has 26 heavy (non-hydrogen) atoms. The average molecular weight is 372 g/mol. The molecule has 0 spiro atoms. The number of thiocarbonyl (C=S) groups is 1. The van der Waals surface area contributed by atoms with Crippen molar-refractivity contribution in [1.82, 2.24) is 4.90 Å². The second-order valence-corrected chi connectivity index (χ2v) is 6.61. The summed E-state index contributed by atoms with van der Waals surface area (Å²) in [5.74, 6) is 2.27. The van der Waals surface area contributed by atoms with Crippen molar-refractivity contribution >= 4 is 17.2 Å². The summed E-state index contributed by atoms with van der Waals surface area (Å²) in [6, 6.07) is 15.6. The fourth-order valence-corrected chi connectivity index (χ4v) is 3.34. The molecule has 0 unspecified atom stereocenters. The van der Waals surface area contributed by atoms with Gasteiger partial charge in [-0.25, -0.2) is 0 Å². The third-order valence-electron chi connectivity index (χ3n) is 4.42. The van der Waals surface area contributed by atoms with Crippen LogP contribution >= 0.6 is 12.2 Å². The Hall–Kier alpha value is -2.27. The summed E-state index contributed by atoms with van der Waals surface area (Å²) in [5.41, 5.74) is 1.08. The Kier molecular flexibility index (Phi) is 6.72. The lowest BCUT2D eigenvalue weighted by Crippen LogP contribution is -2.34. The molecule has 3 rings (SSSR count). The van der Waals surface area contributed by atoms with E-state index in [0.717, 1.165) is 40.9 Å². The van der Waals surface area contributed by atoms with Gasteiger partial charge in [0.25, 0.3) is 0 Å². The van der Waals surface area contributed by atoms with Crippen molar-refractivity contribution in [1.29, 1.82) is 0 Å². The van der Waals surface area contributed by atoms with Crippen LogP contribution in [0.4, 0.5) is 0 Å². The molecule has 2 aromatic carbocycles. The summed E-state index contributed by atoms with van der Waals surface area (Å²) in [4.78, 5) is 3.24. The number of hydrogen-bond donors (Lipinski definition) is 0. The van der Waals surface area contributed by atoms with Crippen LogP contribution in [0.15, 0.2) is 48.5 Å². The third kappa shape index (κ3) is 4.88. The number of likely N-dealkylation sites (tertiary alicyclic amines) is 1. The Balaban J connectivity index is 1.46. The molecule has 4 nitrogen and oxygen atoms in total. The zero-order chi connectivity index (χ0) is 18.2. The zero-order valence-corrected chi connectivity index (χ0v) is 16.0.